The predicted octanol–water partition coefficient (Wildman–Crippen LogP) is 4.75. The van der Waals surface area contributed by atoms with Crippen molar-refractivity contribution in [3.05, 3.63) is 64.4 Å². The topological polar surface area (TPSA) is 133 Å². The molecule has 1 aromatic carbocycles. The van der Waals surface area contributed by atoms with E-state index in [0.29, 0.717) is 10.8 Å². The minimum atomic E-state index is -1.76. The number of nitrogens with zero attached hydrogens (tertiary/aromatic N) is 5. The van der Waals surface area contributed by atoms with Crippen LogP contribution in [-0.4, -0.2) is 78.8 Å². The van der Waals surface area contributed by atoms with Crippen molar-refractivity contribution in [3.8, 4) is 5.75 Å². The van der Waals surface area contributed by atoms with Gasteiger partial charge in [-0.25, -0.2) is 19.5 Å². The standard InChI is InChI=1S/C32H39N5O7S/c1-20(38)36-28(41)43-19-32(36)17-31(18-35-14-9-12-34-35,27(40)44-30(5,6)7)37(24(32)25-33-13-15-45-25)26(39)21-10-11-22(29(2,3)4)23(16-21)42-8/h9-16,24H,17-19H2,1-8H3. The summed E-state index contributed by atoms with van der Waals surface area (Å²) in [5.74, 6) is -1.32. The SMILES string of the molecule is COc1cc(C(=O)N2C(c3nccs3)C3(COC(=O)N3C(C)=O)CC2(Cn2cccn2)C(=O)OC(C)(C)C)ccc1C(C)(C)C. The van der Waals surface area contributed by atoms with E-state index in [1.807, 2.05) is 26.8 Å². The molecule has 0 aliphatic carbocycles. The zero-order valence-corrected chi connectivity index (χ0v) is 27.6. The van der Waals surface area contributed by atoms with Crippen LogP contribution in [0.4, 0.5) is 4.79 Å². The molecular weight excluding hydrogens is 598 g/mol. The van der Waals surface area contributed by atoms with Crippen molar-refractivity contribution in [2.75, 3.05) is 13.7 Å². The first-order valence-corrected chi connectivity index (χ1v) is 15.5. The second-order valence-electron chi connectivity index (χ2n) is 13.5. The second kappa shape index (κ2) is 11.3. The number of hydrogen-bond acceptors (Lipinski definition) is 10. The number of cyclic esters (lactones) is 1. The molecule has 0 radical (unpaired) electrons. The molecule has 2 aliphatic heterocycles. The van der Waals surface area contributed by atoms with Gasteiger partial charge < -0.3 is 19.1 Å². The highest BCUT2D eigenvalue weighted by molar-refractivity contribution is 7.09. The molecule has 0 saturated carbocycles. The number of ether oxygens (including phenoxy) is 3. The highest BCUT2D eigenvalue weighted by Gasteiger charge is 2.72. The molecule has 2 aliphatic rings. The summed E-state index contributed by atoms with van der Waals surface area (Å²) in [6.07, 6.45) is 3.80. The van der Waals surface area contributed by atoms with Gasteiger partial charge in [-0.05, 0) is 49.9 Å². The Bertz CT molecular complexity index is 1610. The van der Waals surface area contributed by atoms with Crippen molar-refractivity contribution < 1.29 is 33.4 Å². The molecule has 4 heterocycles. The largest absolute Gasteiger partial charge is 0.496 e. The van der Waals surface area contributed by atoms with E-state index in [9.17, 15) is 14.4 Å². The van der Waals surface area contributed by atoms with Crippen LogP contribution >= 0.6 is 11.3 Å². The van der Waals surface area contributed by atoms with Gasteiger partial charge in [0.2, 0.25) is 5.91 Å². The number of thiazole rings is 1. The third-order valence-corrected chi connectivity index (χ3v) is 8.97. The van der Waals surface area contributed by atoms with Crippen molar-refractivity contribution in [3.63, 3.8) is 0 Å². The van der Waals surface area contributed by atoms with Crippen molar-refractivity contribution in [1.29, 1.82) is 0 Å². The van der Waals surface area contributed by atoms with Crippen molar-refractivity contribution in [1.82, 2.24) is 24.6 Å². The molecule has 3 amide bonds. The normalized spacial score (nSPS) is 23.4. The van der Waals surface area contributed by atoms with E-state index in [4.69, 9.17) is 14.2 Å². The monoisotopic (exact) mass is 637 g/mol. The Labute approximate surface area is 266 Å². The van der Waals surface area contributed by atoms with Gasteiger partial charge in [0.05, 0.1) is 13.7 Å². The van der Waals surface area contributed by atoms with Crippen molar-refractivity contribution in [2.24, 2.45) is 0 Å². The van der Waals surface area contributed by atoms with E-state index in [-0.39, 0.29) is 30.6 Å². The fourth-order valence-corrected chi connectivity index (χ4v) is 7.29. The van der Waals surface area contributed by atoms with Crippen molar-refractivity contribution in [2.45, 2.75) is 89.6 Å². The maximum atomic E-state index is 15.1. The fourth-order valence-electron chi connectivity index (χ4n) is 6.45. The Morgan fingerprint density at radius 2 is 1.87 bits per heavy atom. The predicted molar refractivity (Wildman–Crippen MR) is 165 cm³/mol. The van der Waals surface area contributed by atoms with Crippen LogP contribution in [0.1, 0.15) is 81.9 Å². The summed E-state index contributed by atoms with van der Waals surface area (Å²) < 4.78 is 18.9. The van der Waals surface area contributed by atoms with Crippen LogP contribution < -0.4 is 4.74 Å². The van der Waals surface area contributed by atoms with Gasteiger partial charge in [0.25, 0.3) is 5.91 Å². The van der Waals surface area contributed by atoms with Gasteiger partial charge >= 0.3 is 12.1 Å². The number of aromatic nitrogens is 3. The lowest BCUT2D eigenvalue weighted by Gasteiger charge is -2.40. The van der Waals surface area contributed by atoms with Gasteiger partial charge in [0.1, 0.15) is 34.5 Å². The number of likely N-dealkylation sites (tertiary alicyclic amines) is 1. The molecule has 3 unspecified atom stereocenters. The van der Waals surface area contributed by atoms with Gasteiger partial charge in [0.15, 0.2) is 5.54 Å². The summed E-state index contributed by atoms with van der Waals surface area (Å²) in [6, 6.07) is 5.83. The van der Waals surface area contributed by atoms with Gasteiger partial charge in [-0.3, -0.25) is 14.3 Å². The average molecular weight is 638 g/mol. The number of amides is 3. The maximum absolute atomic E-state index is 15.1. The van der Waals surface area contributed by atoms with E-state index >= 15 is 4.79 Å². The van der Waals surface area contributed by atoms with Crippen LogP contribution in [-0.2, 0) is 31.0 Å². The van der Waals surface area contributed by atoms with Gasteiger partial charge in [-0.15, -0.1) is 11.3 Å². The maximum Gasteiger partial charge on any atom is 0.417 e. The minimum absolute atomic E-state index is 0.124. The zero-order valence-electron chi connectivity index (χ0n) is 26.8. The van der Waals surface area contributed by atoms with Crippen LogP contribution in [0, 0.1) is 0 Å². The van der Waals surface area contributed by atoms with Gasteiger partial charge in [0, 0.05) is 42.9 Å². The molecule has 45 heavy (non-hydrogen) atoms. The summed E-state index contributed by atoms with van der Waals surface area (Å²) in [5, 5.41) is 6.53. The van der Waals surface area contributed by atoms with Crippen molar-refractivity contribution >= 4 is 35.2 Å². The van der Waals surface area contributed by atoms with Crippen LogP contribution in [0.3, 0.4) is 0 Å². The second-order valence-corrected chi connectivity index (χ2v) is 14.5. The Morgan fingerprint density at radius 1 is 1.13 bits per heavy atom. The zero-order chi connectivity index (χ0) is 32.9. The summed E-state index contributed by atoms with van der Waals surface area (Å²) in [5.41, 5.74) is -3.32. The number of methoxy groups -OCH3 is 1. The first-order chi connectivity index (χ1) is 21.0. The third-order valence-electron chi connectivity index (χ3n) is 8.14. The van der Waals surface area contributed by atoms with E-state index in [2.05, 4.69) is 10.1 Å². The number of imide groups is 1. The highest BCUT2D eigenvalue weighted by atomic mass is 32.1. The van der Waals surface area contributed by atoms with E-state index in [1.54, 1.807) is 67.6 Å². The molecule has 2 aromatic heterocycles. The molecule has 13 heteroatoms. The highest BCUT2D eigenvalue weighted by Crippen LogP contribution is 2.56. The lowest BCUT2D eigenvalue weighted by Crippen LogP contribution is -2.58. The minimum Gasteiger partial charge on any atom is -0.496 e. The molecule has 0 N–H and O–H groups in total. The van der Waals surface area contributed by atoms with Gasteiger partial charge in [-0.2, -0.15) is 5.10 Å². The van der Waals surface area contributed by atoms with E-state index in [1.165, 1.54) is 30.3 Å². The molecule has 1 spiro atoms. The molecule has 3 aromatic rings. The van der Waals surface area contributed by atoms with Gasteiger partial charge in [-0.1, -0.05) is 26.8 Å². The smallest absolute Gasteiger partial charge is 0.417 e. The lowest BCUT2D eigenvalue weighted by atomic mass is 9.83. The summed E-state index contributed by atoms with van der Waals surface area (Å²) in [7, 11) is 1.54. The molecule has 240 valence electrons. The summed E-state index contributed by atoms with van der Waals surface area (Å²) in [4.78, 5) is 63.1. The molecule has 2 fully saturated rings. The number of esters is 1. The third kappa shape index (κ3) is 5.58. The quantitative estimate of drug-likeness (QED) is 0.351. The molecule has 12 nitrogen and oxygen atoms in total. The van der Waals surface area contributed by atoms with Crippen LogP contribution in [0.15, 0.2) is 48.2 Å². The first-order valence-electron chi connectivity index (χ1n) is 14.6. The Morgan fingerprint density at radius 3 is 2.42 bits per heavy atom. The molecule has 5 rings (SSSR count). The van der Waals surface area contributed by atoms with E-state index in [0.717, 1.165) is 10.5 Å². The molecule has 2 saturated heterocycles. The Balaban J connectivity index is 1.81. The summed E-state index contributed by atoms with van der Waals surface area (Å²) in [6.45, 7) is 12.2. The first kappa shape index (κ1) is 32.1. The molecule has 0 bridgehead atoms. The van der Waals surface area contributed by atoms with Crippen LogP contribution in [0.25, 0.3) is 0 Å². The van der Waals surface area contributed by atoms with Crippen LogP contribution in [0.2, 0.25) is 0 Å². The number of rotatable bonds is 6. The molecular formula is C32H39N5O7S. The Hall–Kier alpha value is -4.26. The number of carbonyl (C=O) groups is 4. The number of carbonyl (C=O) groups excluding carboxylic acids is 4. The Kier molecular flexibility index (Phi) is 8.05. The number of hydrogen-bond donors (Lipinski definition) is 0. The summed E-state index contributed by atoms with van der Waals surface area (Å²) >= 11 is 1.25. The molecule has 3 atom stereocenters. The van der Waals surface area contributed by atoms with E-state index < -0.39 is 46.6 Å². The van der Waals surface area contributed by atoms with Crippen LogP contribution in [0.5, 0.6) is 5.75 Å². The number of benzene rings is 1. The fraction of sp³-hybridized carbons (Fsp3) is 0.500. The average Bonchev–Trinajstić information content (AvgIpc) is 3.74. The lowest BCUT2D eigenvalue weighted by molar-refractivity contribution is -0.169.